The van der Waals surface area contributed by atoms with Crippen LogP contribution in [0.15, 0.2) is 16.7 Å². The van der Waals surface area contributed by atoms with Gasteiger partial charge in [-0.05, 0) is 47.5 Å². The molecule has 1 unspecified atom stereocenters. The third-order valence-corrected chi connectivity index (χ3v) is 5.00. The van der Waals surface area contributed by atoms with E-state index in [-0.39, 0.29) is 0 Å². The van der Waals surface area contributed by atoms with E-state index in [1.807, 2.05) is 17.8 Å². The van der Waals surface area contributed by atoms with E-state index in [2.05, 4.69) is 33.2 Å². The Hall–Kier alpha value is 0.0700. The lowest BCUT2D eigenvalue weighted by Crippen LogP contribution is -2.27. The molecule has 2 heterocycles. The van der Waals surface area contributed by atoms with Crippen molar-refractivity contribution < 1.29 is 0 Å². The van der Waals surface area contributed by atoms with Crippen molar-refractivity contribution >= 4 is 45.1 Å². The lowest BCUT2D eigenvalue weighted by atomic mass is 10.1. The molecule has 0 spiro atoms. The first-order chi connectivity index (χ1) is 7.59. The summed E-state index contributed by atoms with van der Waals surface area (Å²) in [6, 6.07) is 1.86. The van der Waals surface area contributed by atoms with Crippen molar-refractivity contribution in [3.05, 3.63) is 21.8 Å². The van der Waals surface area contributed by atoms with Crippen molar-refractivity contribution in [2.75, 3.05) is 17.6 Å². The minimum absolute atomic E-state index is 0.331. The van der Waals surface area contributed by atoms with E-state index < -0.39 is 0 Å². The fourth-order valence-electron chi connectivity index (χ4n) is 1.79. The van der Waals surface area contributed by atoms with Crippen LogP contribution in [0, 0.1) is 0 Å². The molecule has 0 bridgehead atoms. The Bertz CT molecular complexity index is 380. The van der Waals surface area contributed by atoms with Gasteiger partial charge in [0.05, 0.1) is 5.02 Å². The normalized spacial score (nSPS) is 24.7. The smallest absolute Gasteiger partial charge is 0.144 e. The second-order valence-electron chi connectivity index (χ2n) is 4.24. The summed E-state index contributed by atoms with van der Waals surface area (Å²) in [5, 5.41) is 4.01. The van der Waals surface area contributed by atoms with Crippen LogP contribution in [0.1, 0.15) is 19.8 Å². The predicted octanol–water partition coefficient (Wildman–Crippen LogP) is 4.20. The molecule has 1 aliphatic heterocycles. The summed E-state index contributed by atoms with van der Waals surface area (Å²) >= 11 is 11.5. The number of halogens is 2. The number of nitrogens with one attached hydrogen (secondary N) is 1. The number of hydrogen-bond donors (Lipinski definition) is 1. The molecule has 1 fully saturated rings. The molecule has 1 aliphatic rings. The highest BCUT2D eigenvalue weighted by Crippen LogP contribution is 2.38. The molecule has 16 heavy (non-hydrogen) atoms. The van der Waals surface area contributed by atoms with Crippen LogP contribution >= 0.6 is 39.3 Å². The van der Waals surface area contributed by atoms with Gasteiger partial charge in [-0.25, -0.2) is 4.98 Å². The molecule has 0 aromatic carbocycles. The average Bonchev–Trinajstić information content (AvgIpc) is 2.64. The van der Waals surface area contributed by atoms with Gasteiger partial charge in [0, 0.05) is 22.0 Å². The van der Waals surface area contributed by atoms with Crippen molar-refractivity contribution in [1.29, 1.82) is 0 Å². The zero-order chi connectivity index (χ0) is 11.6. The van der Waals surface area contributed by atoms with Gasteiger partial charge in [0.15, 0.2) is 0 Å². The average molecular weight is 322 g/mol. The molecule has 2 nitrogen and oxygen atoms in total. The van der Waals surface area contributed by atoms with Crippen molar-refractivity contribution in [2.45, 2.75) is 24.5 Å². The highest BCUT2D eigenvalue weighted by Gasteiger charge is 2.29. The molecule has 5 heteroatoms. The molecule has 1 saturated heterocycles. The molecular weight excluding hydrogens is 308 g/mol. The van der Waals surface area contributed by atoms with Crippen LogP contribution in [0.25, 0.3) is 0 Å². The Morgan fingerprint density at radius 3 is 3.12 bits per heavy atom. The Balaban J connectivity index is 1.99. The largest absolute Gasteiger partial charge is 0.367 e. The van der Waals surface area contributed by atoms with Crippen molar-refractivity contribution in [3.63, 3.8) is 0 Å². The van der Waals surface area contributed by atoms with Gasteiger partial charge >= 0.3 is 0 Å². The molecule has 0 amide bonds. The van der Waals surface area contributed by atoms with Crippen LogP contribution in [0.4, 0.5) is 5.82 Å². The summed E-state index contributed by atoms with van der Waals surface area (Å²) in [5.41, 5.74) is 0. The monoisotopic (exact) mass is 320 g/mol. The lowest BCUT2D eigenvalue weighted by molar-refractivity contribution is 0.634. The van der Waals surface area contributed by atoms with Crippen LogP contribution in [0.5, 0.6) is 0 Å². The molecule has 0 radical (unpaired) electrons. The van der Waals surface area contributed by atoms with Crippen molar-refractivity contribution in [1.82, 2.24) is 4.98 Å². The fraction of sp³-hybridized carbons (Fsp3) is 0.545. The molecule has 88 valence electrons. The maximum absolute atomic E-state index is 6.10. The predicted molar refractivity (Wildman–Crippen MR) is 75.5 cm³/mol. The summed E-state index contributed by atoms with van der Waals surface area (Å²) in [7, 11) is 0. The van der Waals surface area contributed by atoms with Gasteiger partial charge in [-0.3, -0.25) is 0 Å². The molecule has 2 rings (SSSR count). The van der Waals surface area contributed by atoms with E-state index in [4.69, 9.17) is 11.6 Å². The SMILES string of the molecule is CC1(CNc2ncc(Br)cc2Cl)CCCS1. The summed E-state index contributed by atoms with van der Waals surface area (Å²) in [5.74, 6) is 2.04. The minimum atomic E-state index is 0.331. The van der Waals surface area contributed by atoms with E-state index in [1.165, 1.54) is 18.6 Å². The van der Waals surface area contributed by atoms with E-state index in [1.54, 1.807) is 6.20 Å². The zero-order valence-electron chi connectivity index (χ0n) is 9.09. The second kappa shape index (κ2) is 5.15. The molecule has 0 saturated carbocycles. The maximum atomic E-state index is 6.10. The second-order valence-corrected chi connectivity index (χ2v) is 7.24. The van der Waals surface area contributed by atoms with Gasteiger partial charge in [0.25, 0.3) is 0 Å². The number of anilines is 1. The summed E-state index contributed by atoms with van der Waals surface area (Å²) in [4.78, 5) is 4.27. The van der Waals surface area contributed by atoms with Crippen LogP contribution in [0.2, 0.25) is 5.02 Å². The quantitative estimate of drug-likeness (QED) is 0.903. The fourth-order valence-corrected chi connectivity index (χ4v) is 3.73. The van der Waals surface area contributed by atoms with Gasteiger partial charge < -0.3 is 5.32 Å². The van der Waals surface area contributed by atoms with Gasteiger partial charge in [0.1, 0.15) is 5.82 Å². The molecule has 1 aromatic heterocycles. The molecule has 1 aromatic rings. The lowest BCUT2D eigenvalue weighted by Gasteiger charge is -2.23. The van der Waals surface area contributed by atoms with Gasteiger partial charge in [-0.15, -0.1) is 0 Å². The van der Waals surface area contributed by atoms with E-state index in [9.17, 15) is 0 Å². The maximum Gasteiger partial charge on any atom is 0.144 e. The Morgan fingerprint density at radius 2 is 2.50 bits per heavy atom. The van der Waals surface area contributed by atoms with Gasteiger partial charge in [-0.2, -0.15) is 11.8 Å². The summed E-state index contributed by atoms with van der Waals surface area (Å²) < 4.78 is 1.24. The first-order valence-electron chi connectivity index (χ1n) is 5.28. The first kappa shape index (κ1) is 12.5. The minimum Gasteiger partial charge on any atom is -0.367 e. The highest BCUT2D eigenvalue weighted by atomic mass is 79.9. The molecule has 0 aliphatic carbocycles. The standard InChI is InChI=1S/C11H14BrClN2S/c1-11(3-2-4-16-11)7-15-10-9(13)5-8(12)6-14-10/h5-6H,2-4,7H2,1H3,(H,14,15). The van der Waals surface area contributed by atoms with E-state index in [0.717, 1.165) is 16.8 Å². The van der Waals surface area contributed by atoms with Gasteiger partial charge in [-0.1, -0.05) is 11.6 Å². The van der Waals surface area contributed by atoms with Crippen molar-refractivity contribution in [2.24, 2.45) is 0 Å². The van der Waals surface area contributed by atoms with Crippen molar-refractivity contribution in [3.8, 4) is 0 Å². The van der Waals surface area contributed by atoms with Crippen LogP contribution in [-0.2, 0) is 0 Å². The third-order valence-electron chi connectivity index (χ3n) is 2.74. The Morgan fingerprint density at radius 1 is 1.69 bits per heavy atom. The van der Waals surface area contributed by atoms with Crippen LogP contribution in [-0.4, -0.2) is 22.0 Å². The van der Waals surface area contributed by atoms with Crippen LogP contribution in [0.3, 0.4) is 0 Å². The molecule has 1 N–H and O–H groups in total. The summed E-state index contributed by atoms with van der Waals surface area (Å²) in [6.45, 7) is 3.22. The third kappa shape index (κ3) is 3.05. The number of thioether (sulfide) groups is 1. The number of rotatable bonds is 3. The number of hydrogen-bond acceptors (Lipinski definition) is 3. The number of aromatic nitrogens is 1. The Labute approximate surface area is 114 Å². The van der Waals surface area contributed by atoms with Gasteiger partial charge in [0.2, 0.25) is 0 Å². The Kier molecular flexibility index (Phi) is 4.03. The van der Waals surface area contributed by atoms with Crippen LogP contribution < -0.4 is 5.32 Å². The zero-order valence-corrected chi connectivity index (χ0v) is 12.3. The molecular formula is C11H14BrClN2S. The summed E-state index contributed by atoms with van der Waals surface area (Å²) in [6.07, 6.45) is 4.33. The van der Waals surface area contributed by atoms with E-state index in [0.29, 0.717) is 9.77 Å². The molecule has 1 atom stereocenters. The first-order valence-corrected chi connectivity index (χ1v) is 7.44. The number of pyridine rings is 1. The number of nitrogens with zero attached hydrogens (tertiary/aromatic N) is 1. The van der Waals surface area contributed by atoms with E-state index >= 15 is 0 Å². The topological polar surface area (TPSA) is 24.9 Å². The highest BCUT2D eigenvalue weighted by molar-refractivity contribution is 9.10.